The fraction of sp³-hybridized carbons (Fsp3) is 0.400. The van der Waals surface area contributed by atoms with Gasteiger partial charge in [-0.25, -0.2) is 9.97 Å². The molecule has 0 spiro atoms. The summed E-state index contributed by atoms with van der Waals surface area (Å²) in [6.45, 7) is 4.04. The lowest BCUT2D eigenvalue weighted by Crippen LogP contribution is -2.33. The maximum Gasteiger partial charge on any atom is 0.162 e. The Kier molecular flexibility index (Phi) is 7.95. The Balaban J connectivity index is 1.76. The first-order valence-electron chi connectivity index (χ1n) is 11.3. The van der Waals surface area contributed by atoms with Crippen LogP contribution in [-0.2, 0) is 4.74 Å². The molecule has 1 saturated heterocycles. The zero-order valence-corrected chi connectivity index (χ0v) is 20.4. The van der Waals surface area contributed by atoms with Gasteiger partial charge in [0.15, 0.2) is 5.82 Å². The van der Waals surface area contributed by atoms with Gasteiger partial charge >= 0.3 is 0 Å². The second-order valence-electron chi connectivity index (χ2n) is 8.41. The standard InChI is InChI=1S/C25H30ClN5O3/c1-16-23(17-4-7-28-8-5-17)29-24(30-25(16)31(3)20-6-9-33-14-20)18-10-19(26)12-22(11-18)34-15-21(32)13-27-2/h4-5,7-8,10-12,20-21,27,32H,6,9,13-15H2,1-3H3/t20-,21?/m0/s1. The second-order valence-corrected chi connectivity index (χ2v) is 8.84. The van der Waals surface area contributed by atoms with Crippen molar-refractivity contribution in [1.29, 1.82) is 0 Å². The lowest BCUT2D eigenvalue weighted by Gasteiger charge is -2.27. The molecule has 1 aromatic carbocycles. The van der Waals surface area contributed by atoms with Crippen molar-refractivity contribution >= 4 is 17.4 Å². The van der Waals surface area contributed by atoms with Crippen LogP contribution in [0.15, 0.2) is 42.7 Å². The van der Waals surface area contributed by atoms with Crippen molar-refractivity contribution in [3.05, 3.63) is 53.3 Å². The first-order chi connectivity index (χ1) is 16.5. The molecule has 1 fully saturated rings. The smallest absolute Gasteiger partial charge is 0.162 e. The molecule has 1 aliphatic rings. The summed E-state index contributed by atoms with van der Waals surface area (Å²) in [7, 11) is 3.83. The molecule has 180 valence electrons. The number of aliphatic hydroxyl groups excluding tert-OH is 1. The van der Waals surface area contributed by atoms with Crippen molar-refractivity contribution in [3.63, 3.8) is 0 Å². The van der Waals surface area contributed by atoms with Crippen LogP contribution in [0.3, 0.4) is 0 Å². The van der Waals surface area contributed by atoms with E-state index in [9.17, 15) is 5.11 Å². The van der Waals surface area contributed by atoms with E-state index in [-0.39, 0.29) is 12.6 Å². The van der Waals surface area contributed by atoms with E-state index in [2.05, 4.69) is 15.2 Å². The van der Waals surface area contributed by atoms with Gasteiger partial charge < -0.3 is 24.8 Å². The Morgan fingerprint density at radius 3 is 2.74 bits per heavy atom. The van der Waals surface area contributed by atoms with Crippen molar-refractivity contribution < 1.29 is 14.6 Å². The lowest BCUT2D eigenvalue weighted by molar-refractivity contribution is 0.108. The number of ether oxygens (including phenoxy) is 2. The fourth-order valence-corrected chi connectivity index (χ4v) is 4.26. The first-order valence-corrected chi connectivity index (χ1v) is 11.7. The van der Waals surface area contributed by atoms with Crippen molar-refractivity contribution in [1.82, 2.24) is 20.3 Å². The Morgan fingerprint density at radius 1 is 1.24 bits per heavy atom. The molecule has 1 aliphatic heterocycles. The molecular weight excluding hydrogens is 454 g/mol. The van der Waals surface area contributed by atoms with Gasteiger partial charge in [-0.2, -0.15) is 0 Å². The van der Waals surface area contributed by atoms with E-state index in [1.807, 2.05) is 38.2 Å². The number of halogens is 1. The van der Waals surface area contributed by atoms with Crippen molar-refractivity contribution in [2.45, 2.75) is 25.5 Å². The highest BCUT2D eigenvalue weighted by Crippen LogP contribution is 2.34. The molecular formula is C25H30ClN5O3. The van der Waals surface area contributed by atoms with Gasteiger partial charge in [-0.3, -0.25) is 4.98 Å². The second kappa shape index (κ2) is 11.1. The van der Waals surface area contributed by atoms with E-state index in [1.54, 1.807) is 25.5 Å². The number of aliphatic hydroxyl groups is 1. The fourth-order valence-electron chi connectivity index (χ4n) is 4.03. The summed E-state index contributed by atoms with van der Waals surface area (Å²) in [6, 6.07) is 9.52. The predicted molar refractivity (Wildman–Crippen MR) is 134 cm³/mol. The van der Waals surface area contributed by atoms with E-state index >= 15 is 0 Å². The summed E-state index contributed by atoms with van der Waals surface area (Å²) < 4.78 is 11.4. The number of aromatic nitrogens is 3. The molecule has 34 heavy (non-hydrogen) atoms. The number of pyridine rings is 1. The van der Waals surface area contributed by atoms with Crippen LogP contribution in [0.4, 0.5) is 5.82 Å². The number of nitrogens with zero attached hydrogens (tertiary/aromatic N) is 4. The highest BCUT2D eigenvalue weighted by atomic mass is 35.5. The molecule has 3 heterocycles. The normalized spacial score (nSPS) is 16.4. The summed E-state index contributed by atoms with van der Waals surface area (Å²) in [4.78, 5) is 16.2. The van der Waals surface area contributed by atoms with Crippen LogP contribution >= 0.6 is 11.6 Å². The molecule has 2 N–H and O–H groups in total. The van der Waals surface area contributed by atoms with Crippen LogP contribution in [0, 0.1) is 6.92 Å². The number of nitrogens with one attached hydrogen (secondary N) is 1. The third kappa shape index (κ3) is 5.64. The minimum Gasteiger partial charge on any atom is -0.491 e. The van der Waals surface area contributed by atoms with Crippen LogP contribution in [-0.4, -0.2) is 72.7 Å². The van der Waals surface area contributed by atoms with Crippen molar-refractivity contribution in [2.75, 3.05) is 45.4 Å². The number of likely N-dealkylation sites (N-methyl/N-ethyl adjacent to an activating group) is 2. The van der Waals surface area contributed by atoms with E-state index in [4.69, 9.17) is 31.0 Å². The molecule has 2 aromatic heterocycles. The summed E-state index contributed by atoms with van der Waals surface area (Å²) in [5.74, 6) is 1.94. The van der Waals surface area contributed by atoms with Gasteiger partial charge in [0.2, 0.25) is 0 Å². The molecule has 4 rings (SSSR count). The van der Waals surface area contributed by atoms with Gasteiger partial charge in [-0.1, -0.05) is 11.6 Å². The largest absolute Gasteiger partial charge is 0.491 e. The molecule has 0 aliphatic carbocycles. The Bertz CT molecular complexity index is 1110. The Morgan fingerprint density at radius 2 is 2.03 bits per heavy atom. The van der Waals surface area contributed by atoms with Crippen LogP contribution < -0.4 is 15.0 Å². The number of hydrogen-bond donors (Lipinski definition) is 2. The summed E-state index contributed by atoms with van der Waals surface area (Å²) >= 11 is 6.42. The van der Waals surface area contributed by atoms with Crippen LogP contribution in [0.1, 0.15) is 12.0 Å². The summed E-state index contributed by atoms with van der Waals surface area (Å²) in [6.07, 6.45) is 3.83. The zero-order chi connectivity index (χ0) is 24.1. The van der Waals surface area contributed by atoms with Gasteiger partial charge in [0, 0.05) is 54.3 Å². The molecule has 0 bridgehead atoms. The summed E-state index contributed by atoms with van der Waals surface area (Å²) in [5, 5.41) is 13.4. The topological polar surface area (TPSA) is 92.6 Å². The predicted octanol–water partition coefficient (Wildman–Crippen LogP) is 3.35. The zero-order valence-electron chi connectivity index (χ0n) is 19.7. The highest BCUT2D eigenvalue weighted by Gasteiger charge is 2.25. The van der Waals surface area contributed by atoms with Gasteiger partial charge in [0.05, 0.1) is 18.3 Å². The SMILES string of the molecule is CNCC(O)COc1cc(Cl)cc(-c2nc(-c3ccncc3)c(C)c(N(C)[C@H]3CCOC3)n2)c1. The average molecular weight is 484 g/mol. The van der Waals surface area contributed by atoms with Crippen LogP contribution in [0.25, 0.3) is 22.6 Å². The number of hydrogen-bond acceptors (Lipinski definition) is 8. The number of rotatable bonds is 9. The lowest BCUT2D eigenvalue weighted by atomic mass is 10.1. The third-order valence-corrected chi connectivity index (χ3v) is 6.09. The van der Waals surface area contributed by atoms with Gasteiger partial charge in [0.25, 0.3) is 0 Å². The van der Waals surface area contributed by atoms with E-state index < -0.39 is 6.10 Å². The maximum absolute atomic E-state index is 9.99. The number of benzene rings is 1. The molecule has 0 saturated carbocycles. The highest BCUT2D eigenvalue weighted by molar-refractivity contribution is 6.31. The molecule has 0 radical (unpaired) electrons. The van der Waals surface area contributed by atoms with E-state index in [1.165, 1.54) is 0 Å². The van der Waals surface area contributed by atoms with Crippen LogP contribution in [0.2, 0.25) is 5.02 Å². The minimum atomic E-state index is -0.629. The van der Waals surface area contributed by atoms with E-state index in [0.717, 1.165) is 41.2 Å². The van der Waals surface area contributed by atoms with E-state index in [0.29, 0.717) is 29.7 Å². The molecule has 9 heteroatoms. The Labute approximate surface area is 204 Å². The maximum atomic E-state index is 9.99. The van der Waals surface area contributed by atoms with Crippen molar-refractivity contribution in [3.8, 4) is 28.4 Å². The van der Waals surface area contributed by atoms with Gasteiger partial charge in [-0.15, -0.1) is 0 Å². The average Bonchev–Trinajstić information content (AvgIpc) is 3.38. The van der Waals surface area contributed by atoms with Crippen LogP contribution in [0.5, 0.6) is 5.75 Å². The van der Waals surface area contributed by atoms with Gasteiger partial charge in [0.1, 0.15) is 24.3 Å². The molecule has 8 nitrogen and oxygen atoms in total. The Hall–Kier alpha value is -2.78. The van der Waals surface area contributed by atoms with Gasteiger partial charge in [-0.05, 0) is 50.7 Å². The molecule has 0 amide bonds. The number of anilines is 1. The molecule has 1 unspecified atom stereocenters. The summed E-state index contributed by atoms with van der Waals surface area (Å²) in [5.41, 5.74) is 3.51. The minimum absolute atomic E-state index is 0.146. The monoisotopic (exact) mass is 483 g/mol. The molecule has 3 aromatic rings. The first kappa shape index (κ1) is 24.3. The molecule has 2 atom stereocenters. The quantitative estimate of drug-likeness (QED) is 0.478. The van der Waals surface area contributed by atoms with Crippen molar-refractivity contribution in [2.24, 2.45) is 0 Å². The third-order valence-electron chi connectivity index (χ3n) is 5.87.